The topological polar surface area (TPSA) is 79.8 Å². The molecule has 1 aromatic heterocycles. The Labute approximate surface area is 203 Å². The van der Waals surface area contributed by atoms with Crippen LogP contribution in [0.1, 0.15) is 62.8 Å². The van der Waals surface area contributed by atoms with E-state index in [1.54, 1.807) is 11.0 Å². The number of nitrogens with zero attached hydrogens (tertiary/aromatic N) is 3. The highest BCUT2D eigenvalue weighted by Gasteiger charge is 2.28. The molecule has 0 saturated carbocycles. The summed E-state index contributed by atoms with van der Waals surface area (Å²) in [5, 5.41) is 0. The molecule has 0 radical (unpaired) electrons. The van der Waals surface area contributed by atoms with Crippen molar-refractivity contribution in [2.45, 2.75) is 69.4 Å². The van der Waals surface area contributed by atoms with Gasteiger partial charge in [-0.1, -0.05) is 6.07 Å². The van der Waals surface area contributed by atoms with E-state index in [2.05, 4.69) is 17.0 Å². The number of carbonyl (C=O) groups is 1. The zero-order valence-electron chi connectivity index (χ0n) is 20.6. The van der Waals surface area contributed by atoms with Crippen LogP contribution in [0, 0.1) is 0 Å². The summed E-state index contributed by atoms with van der Waals surface area (Å²) in [5.74, 6) is 0.394. The third kappa shape index (κ3) is 5.90. The van der Waals surface area contributed by atoms with Gasteiger partial charge in [0.05, 0.1) is 17.1 Å². The first kappa shape index (κ1) is 24.5. The summed E-state index contributed by atoms with van der Waals surface area (Å²) in [7, 11) is -3.20. The Hall–Kier alpha value is -2.61. The van der Waals surface area contributed by atoms with Gasteiger partial charge in [0.2, 0.25) is 0 Å². The molecule has 4 rings (SSSR count). The Kier molecular flexibility index (Phi) is 6.90. The predicted octanol–water partition coefficient (Wildman–Crippen LogP) is 4.55. The number of fused-ring (bicyclic) bond motifs is 1. The van der Waals surface area contributed by atoms with Crippen LogP contribution in [-0.2, 0) is 27.5 Å². The molecule has 1 fully saturated rings. The van der Waals surface area contributed by atoms with Gasteiger partial charge in [-0.05, 0) is 87.8 Å². The van der Waals surface area contributed by atoms with E-state index in [0.717, 1.165) is 49.2 Å². The highest BCUT2D eigenvalue weighted by molar-refractivity contribution is 7.90. The number of aromatic nitrogens is 1. The molecule has 0 unspecified atom stereocenters. The highest BCUT2D eigenvalue weighted by Crippen LogP contribution is 2.31. The molecule has 34 heavy (non-hydrogen) atoms. The molecular formula is C26H35N3O4S. The van der Waals surface area contributed by atoms with Crippen molar-refractivity contribution in [3.8, 4) is 0 Å². The first-order chi connectivity index (χ1) is 16.0. The maximum atomic E-state index is 12.3. The van der Waals surface area contributed by atoms with Crippen LogP contribution in [0.15, 0.2) is 41.4 Å². The molecule has 0 bridgehead atoms. The fraction of sp³-hybridized carbons (Fsp3) is 0.538. The van der Waals surface area contributed by atoms with Crippen LogP contribution in [0.25, 0.3) is 0 Å². The molecule has 2 aliphatic heterocycles. The molecule has 0 spiro atoms. The number of benzene rings is 1. The Morgan fingerprint density at radius 1 is 1.12 bits per heavy atom. The smallest absolute Gasteiger partial charge is 0.410 e. The lowest BCUT2D eigenvalue weighted by Crippen LogP contribution is -2.41. The third-order valence-electron chi connectivity index (χ3n) is 6.51. The monoisotopic (exact) mass is 485 g/mol. The molecule has 2 aliphatic rings. The number of piperidine rings is 1. The second-order valence-corrected chi connectivity index (χ2v) is 12.4. The molecule has 184 valence electrons. The van der Waals surface area contributed by atoms with E-state index in [0.29, 0.717) is 30.4 Å². The Morgan fingerprint density at radius 3 is 2.47 bits per heavy atom. The van der Waals surface area contributed by atoms with Gasteiger partial charge in [0.1, 0.15) is 5.60 Å². The Bertz CT molecular complexity index is 1130. The zero-order valence-corrected chi connectivity index (χ0v) is 21.4. The average Bonchev–Trinajstić information content (AvgIpc) is 2.78. The van der Waals surface area contributed by atoms with Crippen molar-refractivity contribution in [2.75, 3.05) is 30.8 Å². The number of carbonyl (C=O) groups excluding carboxylic acids is 1. The second-order valence-electron chi connectivity index (χ2n) is 10.4. The summed E-state index contributed by atoms with van der Waals surface area (Å²) < 4.78 is 29.3. The minimum Gasteiger partial charge on any atom is -0.444 e. The molecular weight excluding hydrogens is 450 g/mol. The van der Waals surface area contributed by atoms with E-state index >= 15 is 0 Å². The van der Waals surface area contributed by atoms with Gasteiger partial charge in [-0.2, -0.15) is 0 Å². The number of hydrogen-bond acceptors (Lipinski definition) is 6. The van der Waals surface area contributed by atoms with Gasteiger partial charge in [0, 0.05) is 37.8 Å². The van der Waals surface area contributed by atoms with Gasteiger partial charge in [0.25, 0.3) is 0 Å². The molecule has 1 aromatic carbocycles. The van der Waals surface area contributed by atoms with Crippen LogP contribution in [-0.4, -0.2) is 55.9 Å². The number of ether oxygens (including phenoxy) is 1. The minimum atomic E-state index is -3.20. The van der Waals surface area contributed by atoms with Gasteiger partial charge in [0.15, 0.2) is 9.84 Å². The van der Waals surface area contributed by atoms with E-state index in [1.807, 2.05) is 39.1 Å². The maximum Gasteiger partial charge on any atom is 0.410 e. The average molecular weight is 486 g/mol. The van der Waals surface area contributed by atoms with Crippen molar-refractivity contribution < 1.29 is 17.9 Å². The number of rotatable bonds is 4. The molecule has 0 aliphatic carbocycles. The van der Waals surface area contributed by atoms with Crippen LogP contribution in [0.2, 0.25) is 0 Å². The Balaban J connectivity index is 1.37. The van der Waals surface area contributed by atoms with Gasteiger partial charge in [-0.3, -0.25) is 4.98 Å². The molecule has 1 amide bonds. The van der Waals surface area contributed by atoms with E-state index < -0.39 is 15.4 Å². The highest BCUT2D eigenvalue weighted by atomic mass is 32.2. The van der Waals surface area contributed by atoms with Crippen LogP contribution in [0.4, 0.5) is 10.5 Å². The SMILES string of the molecule is CC(C)(C)OC(=O)N1CCC(c2ccc(CN3CCCc4cc(S(C)(=O)=O)ccc43)nc2)CC1. The number of anilines is 1. The van der Waals surface area contributed by atoms with E-state index in [1.165, 1.54) is 11.8 Å². The quantitative estimate of drug-likeness (QED) is 0.632. The van der Waals surface area contributed by atoms with Crippen molar-refractivity contribution >= 4 is 21.6 Å². The summed E-state index contributed by atoms with van der Waals surface area (Å²) in [4.78, 5) is 21.5. The van der Waals surface area contributed by atoms with E-state index in [-0.39, 0.29) is 6.09 Å². The molecule has 0 N–H and O–H groups in total. The maximum absolute atomic E-state index is 12.3. The van der Waals surface area contributed by atoms with Crippen LogP contribution in [0.5, 0.6) is 0 Å². The van der Waals surface area contributed by atoms with Crippen molar-refractivity contribution in [2.24, 2.45) is 0 Å². The minimum absolute atomic E-state index is 0.232. The summed E-state index contributed by atoms with van der Waals surface area (Å²) in [6, 6.07) is 9.70. The van der Waals surface area contributed by atoms with Crippen molar-refractivity contribution in [1.29, 1.82) is 0 Å². The van der Waals surface area contributed by atoms with Gasteiger partial charge in [-0.25, -0.2) is 13.2 Å². The van der Waals surface area contributed by atoms with Gasteiger partial charge in [-0.15, -0.1) is 0 Å². The largest absolute Gasteiger partial charge is 0.444 e. The van der Waals surface area contributed by atoms with Crippen molar-refractivity contribution in [1.82, 2.24) is 9.88 Å². The summed E-state index contributed by atoms with van der Waals surface area (Å²) in [6.45, 7) is 8.68. The van der Waals surface area contributed by atoms with Crippen LogP contribution in [0.3, 0.4) is 0 Å². The van der Waals surface area contributed by atoms with Crippen molar-refractivity contribution in [3.05, 3.63) is 53.3 Å². The molecule has 8 heteroatoms. The number of aryl methyl sites for hydroxylation is 1. The van der Waals surface area contributed by atoms with E-state index in [4.69, 9.17) is 9.72 Å². The number of hydrogen-bond donors (Lipinski definition) is 0. The lowest BCUT2D eigenvalue weighted by molar-refractivity contribution is 0.0205. The van der Waals surface area contributed by atoms with Gasteiger partial charge < -0.3 is 14.5 Å². The first-order valence-electron chi connectivity index (χ1n) is 12.0. The molecule has 0 atom stereocenters. The van der Waals surface area contributed by atoms with Crippen LogP contribution < -0.4 is 4.90 Å². The molecule has 2 aromatic rings. The molecule has 7 nitrogen and oxygen atoms in total. The van der Waals surface area contributed by atoms with Gasteiger partial charge >= 0.3 is 6.09 Å². The standard InChI is InChI=1S/C26H35N3O4S/c1-26(2,3)33-25(30)28-14-11-19(12-15-28)21-7-8-22(27-17-21)18-29-13-5-6-20-16-23(34(4,31)32)9-10-24(20)29/h7-10,16-17,19H,5-6,11-15,18H2,1-4H3. The molecule has 1 saturated heterocycles. The number of sulfone groups is 1. The number of pyridine rings is 1. The summed E-state index contributed by atoms with van der Waals surface area (Å²) >= 11 is 0. The first-order valence-corrected chi connectivity index (χ1v) is 13.9. The summed E-state index contributed by atoms with van der Waals surface area (Å²) in [5.41, 5.74) is 3.92. The fourth-order valence-electron chi connectivity index (χ4n) is 4.73. The number of amides is 1. The second kappa shape index (κ2) is 9.56. The normalized spacial score (nSPS) is 17.4. The Morgan fingerprint density at radius 2 is 1.85 bits per heavy atom. The predicted molar refractivity (Wildman–Crippen MR) is 133 cm³/mol. The molecule has 3 heterocycles. The van der Waals surface area contributed by atoms with E-state index in [9.17, 15) is 13.2 Å². The third-order valence-corrected chi connectivity index (χ3v) is 7.62. The number of likely N-dealkylation sites (tertiary alicyclic amines) is 1. The van der Waals surface area contributed by atoms with Crippen molar-refractivity contribution in [3.63, 3.8) is 0 Å². The summed E-state index contributed by atoms with van der Waals surface area (Å²) in [6.07, 6.45) is 6.69. The van der Waals surface area contributed by atoms with Crippen LogP contribution >= 0.6 is 0 Å². The zero-order chi connectivity index (χ0) is 24.5. The lowest BCUT2D eigenvalue weighted by Gasteiger charge is -2.33. The fourth-order valence-corrected chi connectivity index (χ4v) is 5.41. The lowest BCUT2D eigenvalue weighted by atomic mass is 9.90.